The van der Waals surface area contributed by atoms with Crippen molar-refractivity contribution in [1.29, 1.82) is 0 Å². The summed E-state index contributed by atoms with van der Waals surface area (Å²) in [7, 11) is 0. The summed E-state index contributed by atoms with van der Waals surface area (Å²) in [6.45, 7) is 0. The first kappa shape index (κ1) is 24.9. The number of hydrogen-bond donors (Lipinski definition) is 0. The molecule has 1 heteroatoms. The summed E-state index contributed by atoms with van der Waals surface area (Å²) in [5, 5.41) is 15.7. The Morgan fingerprint density at radius 2 is 0.667 bits per heavy atom. The Morgan fingerprint density at radius 1 is 0.244 bits per heavy atom. The maximum Gasteiger partial charge on any atom is 0.0362 e. The molecule has 0 saturated carbocycles. The Labute approximate surface area is 264 Å². The van der Waals surface area contributed by atoms with Crippen molar-refractivity contribution in [2.24, 2.45) is 0 Å². The summed E-state index contributed by atoms with van der Waals surface area (Å²) in [6.07, 6.45) is 0. The molecule has 0 aliphatic carbocycles. The second-order valence-electron chi connectivity index (χ2n) is 12.0. The molecule has 0 N–H and O–H groups in total. The lowest BCUT2D eigenvalue weighted by atomic mass is 9.86. The van der Waals surface area contributed by atoms with Crippen LogP contribution in [0, 0.1) is 0 Å². The zero-order valence-electron chi connectivity index (χ0n) is 24.4. The van der Waals surface area contributed by atoms with Gasteiger partial charge in [0.25, 0.3) is 0 Å². The SMILES string of the molecule is c1ccc(-c2c3ccccc3c(-c3ccc4sc5cc6c7ccccc7c7ccccc7c6cc5c4c3)c3ccccc23)cc1. The van der Waals surface area contributed by atoms with Gasteiger partial charge in [0.1, 0.15) is 0 Å². The number of hydrogen-bond acceptors (Lipinski definition) is 1. The Bertz CT molecular complexity index is 2740. The van der Waals surface area contributed by atoms with Gasteiger partial charge in [0, 0.05) is 20.2 Å². The number of benzene rings is 9. The molecule has 10 aromatic rings. The fourth-order valence-corrected chi connectivity index (χ4v) is 8.79. The van der Waals surface area contributed by atoms with Crippen LogP contribution in [0.1, 0.15) is 0 Å². The minimum Gasteiger partial charge on any atom is -0.135 e. The highest BCUT2D eigenvalue weighted by Crippen LogP contribution is 2.46. The highest BCUT2D eigenvalue weighted by Gasteiger charge is 2.18. The van der Waals surface area contributed by atoms with E-state index in [1.165, 1.54) is 96.3 Å². The van der Waals surface area contributed by atoms with Gasteiger partial charge >= 0.3 is 0 Å². The lowest BCUT2D eigenvalue weighted by Gasteiger charge is -2.17. The average Bonchev–Trinajstić information content (AvgIpc) is 3.47. The second kappa shape index (κ2) is 9.50. The normalized spacial score (nSPS) is 12.0. The number of rotatable bonds is 2. The lowest BCUT2D eigenvalue weighted by molar-refractivity contribution is 1.66. The third-order valence-corrected chi connectivity index (χ3v) is 10.8. The Kier molecular flexibility index (Phi) is 5.25. The molecule has 0 radical (unpaired) electrons. The van der Waals surface area contributed by atoms with Gasteiger partial charge in [-0.2, -0.15) is 0 Å². The topological polar surface area (TPSA) is 0 Å². The molecular formula is C44H26S. The minimum atomic E-state index is 1.25. The van der Waals surface area contributed by atoms with Crippen LogP contribution in [0.3, 0.4) is 0 Å². The largest absolute Gasteiger partial charge is 0.135 e. The highest BCUT2D eigenvalue weighted by atomic mass is 32.1. The molecule has 9 aromatic carbocycles. The van der Waals surface area contributed by atoms with E-state index in [-0.39, 0.29) is 0 Å². The molecule has 0 spiro atoms. The van der Waals surface area contributed by atoms with Crippen LogP contribution in [0.4, 0.5) is 0 Å². The molecule has 0 nitrogen and oxygen atoms in total. The van der Waals surface area contributed by atoms with E-state index >= 15 is 0 Å². The van der Waals surface area contributed by atoms with Gasteiger partial charge in [0.15, 0.2) is 0 Å². The molecular weight excluding hydrogens is 561 g/mol. The van der Waals surface area contributed by atoms with Crippen LogP contribution in [0.25, 0.3) is 96.3 Å². The molecule has 0 amide bonds. The smallest absolute Gasteiger partial charge is 0.0362 e. The summed E-state index contributed by atoms with van der Waals surface area (Å²) < 4.78 is 2.66. The van der Waals surface area contributed by atoms with Crippen molar-refractivity contribution in [1.82, 2.24) is 0 Å². The molecule has 0 unspecified atom stereocenters. The van der Waals surface area contributed by atoms with Crippen molar-refractivity contribution in [2.75, 3.05) is 0 Å². The van der Waals surface area contributed by atoms with E-state index in [4.69, 9.17) is 0 Å². The van der Waals surface area contributed by atoms with Crippen LogP contribution in [-0.2, 0) is 0 Å². The first-order valence-corrected chi connectivity index (χ1v) is 16.3. The Hall–Kier alpha value is -5.50. The van der Waals surface area contributed by atoms with Gasteiger partial charge < -0.3 is 0 Å². The van der Waals surface area contributed by atoms with Gasteiger partial charge in [0.2, 0.25) is 0 Å². The fourth-order valence-electron chi connectivity index (χ4n) is 7.68. The first-order valence-electron chi connectivity index (χ1n) is 15.5. The van der Waals surface area contributed by atoms with E-state index in [9.17, 15) is 0 Å². The molecule has 0 aliphatic rings. The minimum absolute atomic E-state index is 1.25. The molecule has 1 aromatic heterocycles. The fraction of sp³-hybridized carbons (Fsp3) is 0. The number of fused-ring (bicyclic) bond motifs is 11. The van der Waals surface area contributed by atoms with Crippen molar-refractivity contribution < 1.29 is 0 Å². The van der Waals surface area contributed by atoms with Crippen molar-refractivity contribution >= 4 is 85.4 Å². The van der Waals surface area contributed by atoms with Crippen LogP contribution >= 0.6 is 11.3 Å². The summed E-state index contributed by atoms with van der Waals surface area (Å²) in [6, 6.07) is 58.4. The van der Waals surface area contributed by atoms with Crippen molar-refractivity contribution in [3.8, 4) is 22.3 Å². The van der Waals surface area contributed by atoms with Crippen LogP contribution in [0.15, 0.2) is 158 Å². The van der Waals surface area contributed by atoms with E-state index in [1.54, 1.807) is 0 Å². The van der Waals surface area contributed by atoms with Crippen LogP contribution in [0.5, 0.6) is 0 Å². The summed E-state index contributed by atoms with van der Waals surface area (Å²) in [4.78, 5) is 0. The van der Waals surface area contributed by atoms with E-state index in [0.717, 1.165) is 0 Å². The quantitative estimate of drug-likeness (QED) is 0.140. The van der Waals surface area contributed by atoms with Gasteiger partial charge in [-0.1, -0.05) is 133 Å². The summed E-state index contributed by atoms with van der Waals surface area (Å²) in [5.74, 6) is 0. The second-order valence-corrected chi connectivity index (χ2v) is 13.1. The summed E-state index contributed by atoms with van der Waals surface area (Å²) >= 11 is 1.90. The molecule has 0 atom stereocenters. The maximum absolute atomic E-state index is 2.46. The standard InChI is InChI=1S/C44H26S/c1-2-12-27(13-3-1)43-33-18-8-10-20-35(33)44(36-21-11-9-19-34(36)43)28-22-23-41-39(24-28)40-25-37-31-16-6-4-14-29(31)30-15-5-7-17-32(30)38(37)26-42(40)45-41/h1-26H. The Morgan fingerprint density at radius 3 is 1.22 bits per heavy atom. The zero-order valence-corrected chi connectivity index (χ0v) is 25.2. The first-order chi connectivity index (χ1) is 22.3. The zero-order chi connectivity index (χ0) is 29.5. The van der Waals surface area contributed by atoms with Gasteiger partial charge in [-0.3, -0.25) is 0 Å². The number of thiophene rings is 1. The van der Waals surface area contributed by atoms with Crippen molar-refractivity contribution in [3.05, 3.63) is 158 Å². The molecule has 45 heavy (non-hydrogen) atoms. The van der Waals surface area contributed by atoms with Gasteiger partial charge in [0.05, 0.1) is 0 Å². The molecule has 0 bridgehead atoms. The van der Waals surface area contributed by atoms with E-state index in [1.807, 2.05) is 11.3 Å². The van der Waals surface area contributed by atoms with Crippen molar-refractivity contribution in [3.63, 3.8) is 0 Å². The molecule has 208 valence electrons. The average molecular weight is 587 g/mol. The van der Waals surface area contributed by atoms with Crippen LogP contribution in [0.2, 0.25) is 0 Å². The molecule has 0 fully saturated rings. The van der Waals surface area contributed by atoms with Crippen LogP contribution < -0.4 is 0 Å². The third-order valence-electron chi connectivity index (χ3n) is 9.62. The monoisotopic (exact) mass is 586 g/mol. The van der Waals surface area contributed by atoms with Gasteiger partial charge in [-0.05, 0) is 100 Å². The highest BCUT2D eigenvalue weighted by molar-refractivity contribution is 7.25. The molecule has 0 aliphatic heterocycles. The van der Waals surface area contributed by atoms with E-state index < -0.39 is 0 Å². The van der Waals surface area contributed by atoms with E-state index in [0.29, 0.717) is 0 Å². The summed E-state index contributed by atoms with van der Waals surface area (Å²) in [5.41, 5.74) is 5.12. The van der Waals surface area contributed by atoms with Crippen molar-refractivity contribution in [2.45, 2.75) is 0 Å². The van der Waals surface area contributed by atoms with Crippen LogP contribution in [-0.4, -0.2) is 0 Å². The van der Waals surface area contributed by atoms with Gasteiger partial charge in [-0.15, -0.1) is 11.3 Å². The lowest BCUT2D eigenvalue weighted by Crippen LogP contribution is -1.90. The molecule has 10 rings (SSSR count). The predicted molar refractivity (Wildman–Crippen MR) is 198 cm³/mol. The predicted octanol–water partition coefficient (Wildman–Crippen LogP) is 13.2. The molecule has 0 saturated heterocycles. The maximum atomic E-state index is 2.46. The van der Waals surface area contributed by atoms with Gasteiger partial charge in [-0.25, -0.2) is 0 Å². The Balaban J connectivity index is 1.30. The molecule has 1 heterocycles. The third kappa shape index (κ3) is 3.59. The van der Waals surface area contributed by atoms with E-state index in [2.05, 4.69) is 158 Å².